The Kier molecular flexibility index (Phi) is 3.99. The molecule has 0 fully saturated rings. The molecule has 6 nitrogen and oxygen atoms in total. The van der Waals surface area contributed by atoms with Gasteiger partial charge in [0.1, 0.15) is 4.90 Å². The van der Waals surface area contributed by atoms with Gasteiger partial charge in [-0.25, -0.2) is 8.42 Å². The first-order chi connectivity index (χ1) is 9.42. The summed E-state index contributed by atoms with van der Waals surface area (Å²) in [5.74, 6) is 0.0126. The maximum atomic E-state index is 12.3. The van der Waals surface area contributed by atoms with Gasteiger partial charge in [0.25, 0.3) is 10.0 Å². The van der Waals surface area contributed by atoms with Crippen LogP contribution in [0.2, 0.25) is 0 Å². The molecule has 0 saturated heterocycles. The summed E-state index contributed by atoms with van der Waals surface area (Å²) >= 11 is 0. The molecule has 0 saturated carbocycles. The second-order valence-electron chi connectivity index (χ2n) is 4.62. The molecular formula is C13H18N4O2S. The van der Waals surface area contributed by atoms with Crippen molar-refractivity contribution in [2.75, 3.05) is 10.5 Å². The summed E-state index contributed by atoms with van der Waals surface area (Å²) in [5.41, 5.74) is 7.17. The van der Waals surface area contributed by atoms with Gasteiger partial charge in [0, 0.05) is 18.4 Å². The molecule has 2 aromatic rings. The number of nitrogens with one attached hydrogen (secondary N) is 1. The lowest BCUT2D eigenvalue weighted by Crippen LogP contribution is -2.13. The van der Waals surface area contributed by atoms with Crippen molar-refractivity contribution in [2.24, 2.45) is 0 Å². The minimum atomic E-state index is -3.72. The fraction of sp³-hybridized carbons (Fsp3) is 0.308. The molecular weight excluding hydrogens is 276 g/mol. The number of hydrogen-bond acceptors (Lipinski definition) is 4. The van der Waals surface area contributed by atoms with E-state index in [2.05, 4.69) is 9.82 Å². The summed E-state index contributed by atoms with van der Waals surface area (Å²) in [5, 5.41) is 4.00. The summed E-state index contributed by atoms with van der Waals surface area (Å²) in [4.78, 5) is 0.00690. The Balaban J connectivity index is 2.30. The zero-order valence-corrected chi connectivity index (χ0v) is 12.3. The number of anilines is 2. The summed E-state index contributed by atoms with van der Waals surface area (Å²) in [6, 6.07) is 7.13. The lowest BCUT2D eigenvalue weighted by molar-refractivity contribution is 0.595. The number of nitrogen functional groups attached to an aromatic ring is 1. The summed E-state index contributed by atoms with van der Waals surface area (Å²) < 4.78 is 28.7. The standard InChI is InChI=1S/C13H18N4O2S/c1-3-7-17-9-12(13(14)15-17)20(18,19)16-11-6-4-5-10(2)8-11/h4-6,8-9,16H,3,7H2,1-2H3,(H2,14,15). The van der Waals surface area contributed by atoms with Crippen LogP contribution in [0.3, 0.4) is 0 Å². The quantitative estimate of drug-likeness (QED) is 0.882. The van der Waals surface area contributed by atoms with Crippen LogP contribution >= 0.6 is 0 Å². The Bertz CT molecular complexity index is 707. The lowest BCUT2D eigenvalue weighted by atomic mass is 10.2. The summed E-state index contributed by atoms with van der Waals surface area (Å²) in [7, 11) is -3.72. The monoisotopic (exact) mass is 294 g/mol. The Morgan fingerprint density at radius 2 is 2.15 bits per heavy atom. The number of aryl methyl sites for hydroxylation is 2. The Morgan fingerprint density at radius 1 is 1.40 bits per heavy atom. The smallest absolute Gasteiger partial charge is 0.267 e. The van der Waals surface area contributed by atoms with Gasteiger partial charge in [-0.1, -0.05) is 19.1 Å². The molecule has 0 bridgehead atoms. The topological polar surface area (TPSA) is 90.0 Å². The van der Waals surface area contributed by atoms with E-state index in [1.54, 1.807) is 22.9 Å². The predicted octanol–water partition coefficient (Wildman–Crippen LogP) is 1.98. The van der Waals surface area contributed by atoms with E-state index >= 15 is 0 Å². The highest BCUT2D eigenvalue weighted by atomic mass is 32.2. The molecule has 0 unspecified atom stereocenters. The summed E-state index contributed by atoms with van der Waals surface area (Å²) in [6.07, 6.45) is 2.31. The van der Waals surface area contributed by atoms with Crippen molar-refractivity contribution >= 4 is 21.5 Å². The van der Waals surface area contributed by atoms with Crippen LogP contribution in [0.1, 0.15) is 18.9 Å². The average molecular weight is 294 g/mol. The Hall–Kier alpha value is -2.02. The number of nitrogens with zero attached hydrogens (tertiary/aromatic N) is 2. The van der Waals surface area contributed by atoms with Crippen LogP contribution in [-0.2, 0) is 16.6 Å². The first kappa shape index (κ1) is 14.4. The van der Waals surface area contributed by atoms with E-state index < -0.39 is 10.0 Å². The van der Waals surface area contributed by atoms with E-state index in [9.17, 15) is 8.42 Å². The van der Waals surface area contributed by atoms with Crippen molar-refractivity contribution in [1.29, 1.82) is 0 Å². The van der Waals surface area contributed by atoms with Gasteiger partial charge in [-0.2, -0.15) is 5.10 Å². The van der Waals surface area contributed by atoms with Gasteiger partial charge in [0.15, 0.2) is 5.82 Å². The van der Waals surface area contributed by atoms with Crippen molar-refractivity contribution in [3.05, 3.63) is 36.0 Å². The van der Waals surface area contributed by atoms with E-state index in [1.807, 2.05) is 19.9 Å². The minimum Gasteiger partial charge on any atom is -0.381 e. The molecule has 2 rings (SSSR count). The minimum absolute atomic E-state index is 0.00690. The molecule has 1 heterocycles. The number of rotatable bonds is 5. The first-order valence-corrected chi connectivity index (χ1v) is 7.83. The van der Waals surface area contributed by atoms with E-state index in [-0.39, 0.29) is 10.7 Å². The normalized spacial score (nSPS) is 11.5. The van der Waals surface area contributed by atoms with Crippen LogP contribution < -0.4 is 10.5 Å². The average Bonchev–Trinajstić information content (AvgIpc) is 2.71. The highest BCUT2D eigenvalue weighted by Crippen LogP contribution is 2.21. The SMILES string of the molecule is CCCn1cc(S(=O)(=O)Nc2cccc(C)c2)c(N)n1. The van der Waals surface area contributed by atoms with E-state index in [0.717, 1.165) is 12.0 Å². The van der Waals surface area contributed by atoms with Crippen molar-refractivity contribution in [3.63, 3.8) is 0 Å². The van der Waals surface area contributed by atoms with Gasteiger partial charge in [-0.15, -0.1) is 0 Å². The van der Waals surface area contributed by atoms with Crippen LogP contribution in [0.25, 0.3) is 0 Å². The largest absolute Gasteiger partial charge is 0.381 e. The van der Waals surface area contributed by atoms with Gasteiger partial charge in [0.2, 0.25) is 0 Å². The van der Waals surface area contributed by atoms with Gasteiger partial charge in [0.05, 0.1) is 0 Å². The molecule has 0 aliphatic heterocycles. The third-order valence-corrected chi connectivity index (χ3v) is 4.17. The van der Waals surface area contributed by atoms with Gasteiger partial charge in [-0.3, -0.25) is 9.40 Å². The fourth-order valence-corrected chi connectivity index (χ4v) is 3.01. The molecule has 1 aromatic carbocycles. The van der Waals surface area contributed by atoms with Gasteiger partial charge < -0.3 is 5.73 Å². The van der Waals surface area contributed by atoms with Crippen LogP contribution in [0.15, 0.2) is 35.4 Å². The third kappa shape index (κ3) is 3.11. The van der Waals surface area contributed by atoms with Crippen molar-refractivity contribution in [2.45, 2.75) is 31.7 Å². The first-order valence-electron chi connectivity index (χ1n) is 6.35. The Morgan fingerprint density at radius 3 is 2.80 bits per heavy atom. The van der Waals surface area contributed by atoms with Crippen LogP contribution in [0.5, 0.6) is 0 Å². The van der Waals surface area contributed by atoms with Crippen LogP contribution in [0, 0.1) is 6.92 Å². The van der Waals surface area contributed by atoms with Crippen molar-refractivity contribution < 1.29 is 8.42 Å². The molecule has 0 amide bonds. The number of nitrogens with two attached hydrogens (primary N) is 1. The van der Waals surface area contributed by atoms with E-state index in [4.69, 9.17) is 5.73 Å². The zero-order chi connectivity index (χ0) is 14.8. The van der Waals surface area contributed by atoms with Crippen LogP contribution in [0.4, 0.5) is 11.5 Å². The Labute approximate surface area is 118 Å². The molecule has 0 radical (unpaired) electrons. The molecule has 108 valence electrons. The maximum absolute atomic E-state index is 12.3. The second kappa shape index (κ2) is 5.54. The number of sulfonamides is 1. The zero-order valence-electron chi connectivity index (χ0n) is 11.5. The maximum Gasteiger partial charge on any atom is 0.267 e. The van der Waals surface area contributed by atoms with E-state index in [0.29, 0.717) is 12.2 Å². The number of aromatic nitrogens is 2. The van der Waals surface area contributed by atoms with Crippen molar-refractivity contribution in [3.8, 4) is 0 Å². The molecule has 0 aliphatic carbocycles. The van der Waals surface area contributed by atoms with E-state index in [1.165, 1.54) is 6.20 Å². The third-order valence-electron chi connectivity index (χ3n) is 2.77. The fourth-order valence-electron chi connectivity index (χ4n) is 1.89. The molecule has 1 aromatic heterocycles. The molecule has 3 N–H and O–H groups in total. The van der Waals surface area contributed by atoms with Crippen LogP contribution in [-0.4, -0.2) is 18.2 Å². The number of benzene rings is 1. The van der Waals surface area contributed by atoms with Gasteiger partial charge >= 0.3 is 0 Å². The van der Waals surface area contributed by atoms with Crippen molar-refractivity contribution in [1.82, 2.24) is 9.78 Å². The molecule has 0 atom stereocenters. The molecule has 7 heteroatoms. The molecule has 20 heavy (non-hydrogen) atoms. The van der Waals surface area contributed by atoms with Gasteiger partial charge in [-0.05, 0) is 31.0 Å². The highest BCUT2D eigenvalue weighted by Gasteiger charge is 2.21. The second-order valence-corrected chi connectivity index (χ2v) is 6.27. The molecule has 0 aliphatic rings. The lowest BCUT2D eigenvalue weighted by Gasteiger charge is -2.07. The summed E-state index contributed by atoms with van der Waals surface area (Å²) in [6.45, 7) is 4.51. The predicted molar refractivity (Wildman–Crippen MR) is 78.9 cm³/mol. The highest BCUT2D eigenvalue weighted by molar-refractivity contribution is 7.92. The molecule has 0 spiro atoms. The number of hydrogen-bond donors (Lipinski definition) is 2.